The minimum atomic E-state index is -3.72. The van der Waals surface area contributed by atoms with Gasteiger partial charge in [-0.2, -0.15) is 8.42 Å². The molecule has 0 atom stereocenters. The van der Waals surface area contributed by atoms with Crippen molar-refractivity contribution in [1.29, 1.82) is 0 Å². The predicted molar refractivity (Wildman–Crippen MR) is 98.6 cm³/mol. The molecule has 0 N–H and O–H groups in total. The van der Waals surface area contributed by atoms with E-state index in [2.05, 4.69) is 6.92 Å². The van der Waals surface area contributed by atoms with Crippen molar-refractivity contribution in [3.63, 3.8) is 0 Å². The quantitative estimate of drug-likeness (QED) is 0.394. The van der Waals surface area contributed by atoms with Gasteiger partial charge in [-0.1, -0.05) is 63.1 Å². The Bertz CT molecular complexity index is 736. The van der Waals surface area contributed by atoms with E-state index in [1.807, 2.05) is 43.3 Å². The fraction of sp³-hybridized carbons (Fsp3) is 0.444. The van der Waals surface area contributed by atoms with Crippen LogP contribution in [-0.2, 0) is 20.7 Å². The average molecular weight is 363 g/mol. The second-order valence-electron chi connectivity index (χ2n) is 5.51. The van der Waals surface area contributed by atoms with Crippen LogP contribution < -0.4 is 0 Å². The number of rotatable bonds is 8. The molecule has 0 heterocycles. The second-order valence-corrected chi connectivity index (χ2v) is 7.06. The first kappa shape index (κ1) is 20.9. The fourth-order valence-electron chi connectivity index (χ4n) is 2.52. The first-order valence-electron chi connectivity index (χ1n) is 8.00. The van der Waals surface area contributed by atoms with Gasteiger partial charge in [-0.05, 0) is 30.2 Å². The Balaban J connectivity index is 0. The van der Waals surface area contributed by atoms with E-state index in [0.29, 0.717) is 4.90 Å². The predicted octanol–water partition coefficient (Wildman–Crippen LogP) is 4.53. The first-order chi connectivity index (χ1) is 10.6. The zero-order valence-electron chi connectivity index (χ0n) is 16.0. The monoisotopic (exact) mass is 362 g/mol. The van der Waals surface area contributed by atoms with Crippen LogP contribution in [0.5, 0.6) is 0 Å². The molecule has 0 saturated carbocycles. The zero-order valence-corrected chi connectivity index (χ0v) is 17.1. The van der Waals surface area contributed by atoms with Gasteiger partial charge in [0.1, 0.15) is 4.90 Å². The van der Waals surface area contributed by atoms with Crippen molar-refractivity contribution < 1.29 is 15.5 Å². The largest absolute Gasteiger partial charge is 2.00 e. The molecule has 0 spiro atoms. The number of aryl methyl sites for hydroxylation is 1. The molecule has 0 aromatic heterocycles. The maximum Gasteiger partial charge on any atom is 2.00 e. The molecule has 3 nitrogen and oxygen atoms in total. The zero-order chi connectivity index (χ0) is 16.0. The number of benzene rings is 2. The molecule has 0 bridgehead atoms. The van der Waals surface area contributed by atoms with Gasteiger partial charge in [-0.15, -0.1) is 0 Å². The molecule has 2 aromatic rings. The van der Waals surface area contributed by atoms with E-state index in [0.717, 1.165) is 48.4 Å². The Labute approximate surface area is 172 Å². The van der Waals surface area contributed by atoms with Crippen LogP contribution in [0.15, 0.2) is 41.3 Å². The molecule has 124 valence electrons. The van der Waals surface area contributed by atoms with Crippen LogP contribution in [-0.4, -0.2) is 52.8 Å². The van der Waals surface area contributed by atoms with Gasteiger partial charge >= 0.3 is 37.7 Å². The van der Waals surface area contributed by atoms with Gasteiger partial charge < -0.3 is 2.85 Å². The fourth-order valence-corrected chi connectivity index (χ4v) is 3.92. The number of fused-ring (bicyclic) bond motifs is 1. The topological polar surface area (TPSA) is 43.4 Å². The van der Waals surface area contributed by atoms with Gasteiger partial charge in [-0.3, -0.25) is 4.18 Å². The molecule has 5 heteroatoms. The van der Waals surface area contributed by atoms with Gasteiger partial charge in [0, 0.05) is 5.39 Å². The van der Waals surface area contributed by atoms with Gasteiger partial charge in [0.05, 0.1) is 6.61 Å². The Morgan fingerprint density at radius 3 is 2.39 bits per heavy atom. The third kappa shape index (κ3) is 5.43. The molecule has 23 heavy (non-hydrogen) atoms. The number of unbranched alkanes of at least 4 members (excludes halogenated alkanes) is 2. The summed E-state index contributed by atoms with van der Waals surface area (Å²) in [5, 5.41) is 1.69. The van der Waals surface area contributed by atoms with Crippen LogP contribution in [0.3, 0.4) is 0 Å². The van der Waals surface area contributed by atoms with Crippen LogP contribution in [0.25, 0.3) is 10.8 Å². The minimum Gasteiger partial charge on any atom is -1.00 e. The second kappa shape index (κ2) is 10.00. The van der Waals surface area contributed by atoms with E-state index in [-0.39, 0.29) is 47.2 Å². The van der Waals surface area contributed by atoms with Crippen molar-refractivity contribution in [3.05, 3.63) is 42.0 Å². The van der Waals surface area contributed by atoms with Crippen molar-refractivity contribution in [2.45, 2.75) is 50.8 Å². The summed E-state index contributed by atoms with van der Waals surface area (Å²) in [4.78, 5) is 0.357. The van der Waals surface area contributed by atoms with Crippen molar-refractivity contribution in [3.8, 4) is 0 Å². The summed E-state index contributed by atoms with van der Waals surface area (Å²) in [5.41, 5.74) is 0.858. The molecule has 2 rings (SSSR count). The Hall–Kier alpha value is -0.130. The SMILES string of the molecule is CCCCOS(=O)(=O)c1c(CCCC)ccc2ccccc12.[Ca+2].[H-].[H-]. The van der Waals surface area contributed by atoms with Crippen molar-refractivity contribution in [1.82, 2.24) is 0 Å². The summed E-state index contributed by atoms with van der Waals surface area (Å²) in [5.74, 6) is 0. The Morgan fingerprint density at radius 1 is 1.00 bits per heavy atom. The normalized spacial score (nSPS) is 11.4. The van der Waals surface area contributed by atoms with Gasteiger partial charge in [0.15, 0.2) is 0 Å². The summed E-state index contributed by atoms with van der Waals surface area (Å²) >= 11 is 0. The van der Waals surface area contributed by atoms with Crippen LogP contribution in [0.1, 0.15) is 47.9 Å². The molecule has 0 aliphatic rings. The molecule has 0 radical (unpaired) electrons. The van der Waals surface area contributed by atoms with Crippen LogP contribution in [0.2, 0.25) is 0 Å². The third-order valence-corrected chi connectivity index (χ3v) is 5.21. The van der Waals surface area contributed by atoms with E-state index in [1.165, 1.54) is 0 Å². The molecule has 0 amide bonds. The summed E-state index contributed by atoms with van der Waals surface area (Å²) in [6.07, 6.45) is 4.41. The Kier molecular flexibility index (Phi) is 9.09. The maximum absolute atomic E-state index is 12.7. The smallest absolute Gasteiger partial charge is 1.00 e. The van der Waals surface area contributed by atoms with E-state index in [4.69, 9.17) is 4.18 Å². The van der Waals surface area contributed by atoms with Crippen LogP contribution in [0.4, 0.5) is 0 Å². The Morgan fingerprint density at radius 2 is 1.70 bits per heavy atom. The standard InChI is InChI=1S/C18H24O3S.Ca.2H/c1-3-5-9-16-13-12-15-10-7-8-11-17(15)18(16)22(19,20)21-14-6-4-2;;;/h7-8,10-13H,3-6,9,14H2,1-2H3;;;/q;+2;2*-1. The number of hydrogen-bond donors (Lipinski definition) is 0. The minimum absolute atomic E-state index is 0. The van der Waals surface area contributed by atoms with Crippen molar-refractivity contribution in [2.24, 2.45) is 0 Å². The van der Waals surface area contributed by atoms with Crippen molar-refractivity contribution in [2.75, 3.05) is 6.61 Å². The van der Waals surface area contributed by atoms with E-state index in [1.54, 1.807) is 0 Å². The van der Waals surface area contributed by atoms with Crippen LogP contribution >= 0.6 is 0 Å². The first-order valence-corrected chi connectivity index (χ1v) is 9.41. The van der Waals surface area contributed by atoms with E-state index < -0.39 is 10.1 Å². The summed E-state index contributed by atoms with van der Waals surface area (Å²) < 4.78 is 30.6. The maximum atomic E-state index is 12.7. The molecule has 0 fully saturated rings. The van der Waals surface area contributed by atoms with Gasteiger partial charge in [0.25, 0.3) is 10.1 Å². The molecule has 0 aliphatic heterocycles. The third-order valence-electron chi connectivity index (χ3n) is 3.75. The summed E-state index contributed by atoms with van der Waals surface area (Å²) in [7, 11) is -3.72. The van der Waals surface area contributed by atoms with E-state index in [9.17, 15) is 8.42 Å². The van der Waals surface area contributed by atoms with E-state index >= 15 is 0 Å². The molecule has 2 aromatic carbocycles. The van der Waals surface area contributed by atoms with Crippen LogP contribution in [0, 0.1) is 0 Å². The molecule has 0 unspecified atom stereocenters. The summed E-state index contributed by atoms with van der Waals surface area (Å²) in [6, 6.07) is 11.5. The molecule has 0 aliphatic carbocycles. The molecular formula is C18H26CaO3S. The van der Waals surface area contributed by atoms with Gasteiger partial charge in [-0.25, -0.2) is 0 Å². The summed E-state index contributed by atoms with van der Waals surface area (Å²) in [6.45, 7) is 4.36. The average Bonchev–Trinajstić information content (AvgIpc) is 2.52. The number of hydrogen-bond acceptors (Lipinski definition) is 3. The molecular weight excluding hydrogens is 336 g/mol. The van der Waals surface area contributed by atoms with Gasteiger partial charge in [0.2, 0.25) is 0 Å². The van der Waals surface area contributed by atoms with Crippen molar-refractivity contribution >= 4 is 58.6 Å². The molecule has 0 saturated heterocycles.